The van der Waals surface area contributed by atoms with Crippen LogP contribution >= 0.6 is 11.6 Å². The Morgan fingerprint density at radius 3 is 2.50 bits per heavy atom. The fraction of sp³-hybridized carbons (Fsp3) is 0.280. The highest BCUT2D eigenvalue weighted by atomic mass is 35.5. The second-order valence-corrected chi connectivity index (χ2v) is 8.51. The molecule has 4 nitrogen and oxygen atoms in total. The third kappa shape index (κ3) is 4.40. The zero-order valence-electron chi connectivity index (χ0n) is 16.9. The maximum Gasteiger partial charge on any atom is 0.253 e. The number of hydrogen-bond acceptors (Lipinski definition) is 3. The fourth-order valence-electron chi connectivity index (χ4n) is 4.37. The van der Waals surface area contributed by atoms with E-state index in [1.807, 2.05) is 54.6 Å². The lowest BCUT2D eigenvalue weighted by Crippen LogP contribution is -2.45. The number of rotatable bonds is 5. The number of nitrogens with one attached hydrogen (secondary N) is 1. The van der Waals surface area contributed by atoms with Crippen LogP contribution in [0.25, 0.3) is 11.1 Å². The van der Waals surface area contributed by atoms with E-state index in [2.05, 4.69) is 16.4 Å². The number of amides is 1. The van der Waals surface area contributed by atoms with Crippen molar-refractivity contribution in [1.29, 1.82) is 0 Å². The number of nitrogens with two attached hydrogens (primary N) is 1. The van der Waals surface area contributed by atoms with Gasteiger partial charge in [0.25, 0.3) is 5.91 Å². The van der Waals surface area contributed by atoms with Crippen LogP contribution in [-0.2, 0) is 5.41 Å². The molecule has 30 heavy (non-hydrogen) atoms. The Balaban J connectivity index is 1.42. The van der Waals surface area contributed by atoms with Gasteiger partial charge in [-0.1, -0.05) is 54.1 Å². The molecule has 0 radical (unpaired) electrons. The number of carbonyl (C=O) groups is 1. The number of pyridine rings is 1. The lowest BCUT2D eigenvalue weighted by Gasteiger charge is -2.40. The fourth-order valence-corrected chi connectivity index (χ4v) is 4.56. The van der Waals surface area contributed by atoms with Crippen LogP contribution in [0.4, 0.5) is 0 Å². The van der Waals surface area contributed by atoms with Gasteiger partial charge >= 0.3 is 0 Å². The van der Waals surface area contributed by atoms with Crippen LogP contribution in [0.5, 0.6) is 0 Å². The summed E-state index contributed by atoms with van der Waals surface area (Å²) in [5.41, 5.74) is 9.89. The van der Waals surface area contributed by atoms with E-state index in [1.165, 1.54) is 5.56 Å². The zero-order valence-corrected chi connectivity index (χ0v) is 17.6. The van der Waals surface area contributed by atoms with E-state index in [0.717, 1.165) is 41.8 Å². The van der Waals surface area contributed by atoms with Gasteiger partial charge in [0.2, 0.25) is 0 Å². The summed E-state index contributed by atoms with van der Waals surface area (Å²) in [5.74, 6) is -0.0757. The lowest BCUT2D eigenvalue weighted by molar-refractivity contribution is 0.0917. The monoisotopic (exact) mass is 419 g/mol. The lowest BCUT2D eigenvalue weighted by atomic mass is 9.68. The second kappa shape index (κ2) is 8.99. The molecule has 0 bridgehead atoms. The molecule has 0 unspecified atom stereocenters. The van der Waals surface area contributed by atoms with Crippen LogP contribution in [0.2, 0.25) is 5.02 Å². The van der Waals surface area contributed by atoms with Crippen molar-refractivity contribution in [3.05, 3.63) is 89.2 Å². The summed E-state index contributed by atoms with van der Waals surface area (Å²) >= 11 is 6.20. The van der Waals surface area contributed by atoms with E-state index in [0.29, 0.717) is 12.1 Å². The molecule has 0 saturated heterocycles. The zero-order chi connectivity index (χ0) is 21.0. The quantitative estimate of drug-likeness (QED) is 0.613. The maximum atomic E-state index is 12.8. The molecular formula is C25H26ClN3O. The number of hydrogen-bond donors (Lipinski definition) is 2. The third-order valence-electron chi connectivity index (χ3n) is 6.21. The smallest absolute Gasteiger partial charge is 0.253 e. The molecule has 1 aromatic heterocycles. The van der Waals surface area contributed by atoms with Gasteiger partial charge in [-0.2, -0.15) is 0 Å². The molecule has 1 amide bonds. The van der Waals surface area contributed by atoms with Gasteiger partial charge < -0.3 is 11.1 Å². The van der Waals surface area contributed by atoms with Crippen LogP contribution in [0.1, 0.15) is 41.6 Å². The Hall–Kier alpha value is -2.69. The molecule has 3 N–H and O–H groups in total. The maximum absolute atomic E-state index is 12.8. The average molecular weight is 420 g/mol. The Morgan fingerprint density at radius 1 is 1.03 bits per heavy atom. The van der Waals surface area contributed by atoms with Crippen molar-refractivity contribution in [3.63, 3.8) is 0 Å². The molecule has 3 aromatic rings. The minimum atomic E-state index is -0.0757. The van der Waals surface area contributed by atoms with Crippen LogP contribution < -0.4 is 11.1 Å². The summed E-state index contributed by atoms with van der Waals surface area (Å²) in [6.07, 6.45) is 7.05. The van der Waals surface area contributed by atoms with Gasteiger partial charge in [0, 0.05) is 41.0 Å². The highest BCUT2D eigenvalue weighted by Gasteiger charge is 2.36. The molecule has 0 atom stereocenters. The normalized spacial score (nSPS) is 21.2. The molecule has 0 aliphatic heterocycles. The van der Waals surface area contributed by atoms with Gasteiger partial charge in [0.1, 0.15) is 0 Å². The molecule has 154 valence electrons. The molecule has 1 fully saturated rings. The summed E-state index contributed by atoms with van der Waals surface area (Å²) in [6, 6.07) is 20.0. The first kappa shape index (κ1) is 20.6. The third-order valence-corrected chi connectivity index (χ3v) is 6.45. The van der Waals surface area contributed by atoms with Crippen molar-refractivity contribution in [2.75, 3.05) is 6.54 Å². The second-order valence-electron chi connectivity index (χ2n) is 8.07. The van der Waals surface area contributed by atoms with Gasteiger partial charge in [-0.15, -0.1) is 0 Å². The van der Waals surface area contributed by atoms with E-state index in [4.69, 9.17) is 17.3 Å². The van der Waals surface area contributed by atoms with E-state index in [-0.39, 0.29) is 17.4 Å². The van der Waals surface area contributed by atoms with Crippen molar-refractivity contribution in [2.45, 2.75) is 37.1 Å². The van der Waals surface area contributed by atoms with E-state index in [1.54, 1.807) is 12.4 Å². The molecule has 1 aliphatic carbocycles. The first-order chi connectivity index (χ1) is 14.6. The Morgan fingerprint density at radius 2 is 1.80 bits per heavy atom. The predicted octanol–water partition coefficient (Wildman–Crippen LogP) is 4.97. The Labute approximate surface area is 182 Å². The van der Waals surface area contributed by atoms with Crippen molar-refractivity contribution in [3.8, 4) is 11.1 Å². The molecule has 4 rings (SSSR count). The molecule has 2 aromatic carbocycles. The van der Waals surface area contributed by atoms with Crippen molar-refractivity contribution < 1.29 is 4.79 Å². The number of nitrogens with zero attached hydrogens (tertiary/aromatic N) is 1. The highest BCUT2D eigenvalue weighted by Crippen LogP contribution is 2.39. The van der Waals surface area contributed by atoms with Crippen molar-refractivity contribution in [1.82, 2.24) is 10.3 Å². The minimum Gasteiger partial charge on any atom is -0.349 e. The summed E-state index contributed by atoms with van der Waals surface area (Å²) in [7, 11) is 0. The number of aromatic nitrogens is 1. The van der Waals surface area contributed by atoms with Crippen LogP contribution in [0.15, 0.2) is 73.1 Å². The van der Waals surface area contributed by atoms with Gasteiger partial charge in [-0.25, -0.2) is 0 Å². The standard InChI is InChI=1S/C25H26ClN3O/c26-22-8-4-7-21(14-22)25(17-27)11-9-23(10-12-25)29-24(30)20-13-19(15-28-16-20)18-5-2-1-3-6-18/h1-8,13-16,23H,9-12,17,27H2,(H,29,30)/t23-,25-. The van der Waals surface area contributed by atoms with Gasteiger partial charge in [-0.3, -0.25) is 9.78 Å². The minimum absolute atomic E-state index is 0.0685. The van der Waals surface area contributed by atoms with Crippen LogP contribution in [-0.4, -0.2) is 23.5 Å². The van der Waals surface area contributed by atoms with Crippen molar-refractivity contribution in [2.24, 2.45) is 5.73 Å². The van der Waals surface area contributed by atoms with Crippen LogP contribution in [0.3, 0.4) is 0 Å². The Kier molecular flexibility index (Phi) is 6.16. The largest absolute Gasteiger partial charge is 0.349 e. The Bertz CT molecular complexity index is 1010. The summed E-state index contributed by atoms with van der Waals surface area (Å²) in [5, 5.41) is 3.93. The summed E-state index contributed by atoms with van der Waals surface area (Å²) in [4.78, 5) is 17.1. The van der Waals surface area contributed by atoms with E-state index in [9.17, 15) is 4.79 Å². The number of benzene rings is 2. The van der Waals surface area contributed by atoms with Gasteiger partial charge in [0.15, 0.2) is 0 Å². The predicted molar refractivity (Wildman–Crippen MR) is 122 cm³/mol. The van der Waals surface area contributed by atoms with Gasteiger partial charge in [-0.05, 0) is 55.0 Å². The molecular weight excluding hydrogens is 394 g/mol. The highest BCUT2D eigenvalue weighted by molar-refractivity contribution is 6.30. The van der Waals surface area contributed by atoms with E-state index < -0.39 is 0 Å². The first-order valence-corrected chi connectivity index (χ1v) is 10.7. The molecule has 5 heteroatoms. The van der Waals surface area contributed by atoms with Crippen LogP contribution in [0, 0.1) is 0 Å². The number of carbonyl (C=O) groups excluding carboxylic acids is 1. The summed E-state index contributed by atoms with van der Waals surface area (Å²) < 4.78 is 0. The summed E-state index contributed by atoms with van der Waals surface area (Å²) in [6.45, 7) is 0.580. The average Bonchev–Trinajstić information content (AvgIpc) is 2.80. The number of halogens is 1. The van der Waals surface area contributed by atoms with Gasteiger partial charge in [0.05, 0.1) is 5.56 Å². The molecule has 1 aliphatic rings. The van der Waals surface area contributed by atoms with Crippen molar-refractivity contribution >= 4 is 17.5 Å². The molecule has 1 saturated carbocycles. The first-order valence-electron chi connectivity index (χ1n) is 10.4. The topological polar surface area (TPSA) is 68.0 Å². The molecule has 0 spiro atoms. The SMILES string of the molecule is NC[C@]1(c2cccc(Cl)c2)CC[C@H](NC(=O)c2cncc(-c3ccccc3)c2)CC1. The van der Waals surface area contributed by atoms with E-state index >= 15 is 0 Å². The molecule has 1 heterocycles.